The summed E-state index contributed by atoms with van der Waals surface area (Å²) in [6.45, 7) is 3.45. The molecule has 3 rings (SSSR count). The summed E-state index contributed by atoms with van der Waals surface area (Å²) >= 11 is 1.72. The second-order valence-corrected chi connectivity index (χ2v) is 6.46. The van der Waals surface area contributed by atoms with Crippen molar-refractivity contribution < 1.29 is 4.74 Å². The van der Waals surface area contributed by atoms with Crippen LogP contribution in [-0.4, -0.2) is 31.8 Å². The number of thiazole rings is 1. The Kier molecular flexibility index (Phi) is 4.53. The molecule has 1 fully saturated rings. The van der Waals surface area contributed by atoms with Gasteiger partial charge in [-0.2, -0.15) is 0 Å². The number of aromatic nitrogens is 1. The molecule has 0 radical (unpaired) electrons. The Labute approximate surface area is 129 Å². The molecule has 2 N–H and O–H groups in total. The molecule has 2 aromatic rings. The zero-order chi connectivity index (χ0) is 14.7. The van der Waals surface area contributed by atoms with Crippen molar-refractivity contribution in [3.63, 3.8) is 0 Å². The maximum Gasteiger partial charge on any atom is 0.186 e. The number of benzene rings is 1. The molecule has 0 aliphatic carbocycles. The number of methoxy groups -OCH3 is 1. The molecule has 1 aliphatic rings. The SMILES string of the molecule is COCC1CCN(c2nc(-c3ccccc3)c(CN)s2)C1. The Morgan fingerprint density at radius 1 is 1.38 bits per heavy atom. The van der Waals surface area contributed by atoms with Crippen LogP contribution in [0.5, 0.6) is 0 Å². The van der Waals surface area contributed by atoms with E-state index in [4.69, 9.17) is 15.5 Å². The van der Waals surface area contributed by atoms with Gasteiger partial charge in [0.2, 0.25) is 0 Å². The lowest BCUT2D eigenvalue weighted by atomic mass is 10.1. The third kappa shape index (κ3) is 3.10. The summed E-state index contributed by atoms with van der Waals surface area (Å²) in [5, 5.41) is 1.09. The standard InChI is InChI=1S/C16H21N3OS/c1-20-11-12-7-8-19(10-12)16-18-15(14(9-17)21-16)13-5-3-2-4-6-13/h2-6,12H,7-11,17H2,1H3. The molecule has 1 aromatic carbocycles. The first-order chi connectivity index (χ1) is 10.3. The van der Waals surface area contributed by atoms with E-state index in [1.807, 2.05) is 18.2 Å². The average molecular weight is 303 g/mol. The molecule has 1 unspecified atom stereocenters. The van der Waals surface area contributed by atoms with Gasteiger partial charge in [0.25, 0.3) is 0 Å². The van der Waals surface area contributed by atoms with E-state index in [-0.39, 0.29) is 0 Å². The third-order valence-corrected chi connectivity index (χ3v) is 5.02. The Morgan fingerprint density at radius 2 is 2.19 bits per heavy atom. The number of rotatable bonds is 5. The fourth-order valence-electron chi connectivity index (χ4n) is 2.81. The fourth-order valence-corrected chi connectivity index (χ4v) is 3.81. The predicted octanol–water partition coefficient (Wildman–Crippen LogP) is 2.74. The highest BCUT2D eigenvalue weighted by molar-refractivity contribution is 7.16. The van der Waals surface area contributed by atoms with Crippen LogP contribution in [0.15, 0.2) is 30.3 Å². The number of anilines is 1. The fraction of sp³-hybridized carbons (Fsp3) is 0.438. The highest BCUT2D eigenvalue weighted by Gasteiger charge is 2.25. The van der Waals surface area contributed by atoms with Crippen molar-refractivity contribution in [1.29, 1.82) is 0 Å². The van der Waals surface area contributed by atoms with Gasteiger partial charge in [-0.3, -0.25) is 0 Å². The molecule has 0 spiro atoms. The Morgan fingerprint density at radius 3 is 2.90 bits per heavy atom. The molecule has 4 nitrogen and oxygen atoms in total. The van der Waals surface area contributed by atoms with Crippen molar-refractivity contribution in [2.75, 3.05) is 31.7 Å². The summed E-state index contributed by atoms with van der Waals surface area (Å²) in [4.78, 5) is 8.37. The molecule has 2 heterocycles. The van der Waals surface area contributed by atoms with E-state index < -0.39 is 0 Å². The van der Waals surface area contributed by atoms with Crippen LogP contribution in [0.2, 0.25) is 0 Å². The summed E-state index contributed by atoms with van der Waals surface area (Å²) < 4.78 is 5.27. The lowest BCUT2D eigenvalue weighted by molar-refractivity contribution is 0.161. The van der Waals surface area contributed by atoms with E-state index in [0.717, 1.165) is 41.0 Å². The maximum absolute atomic E-state index is 5.91. The van der Waals surface area contributed by atoms with Crippen LogP contribution in [0, 0.1) is 5.92 Å². The van der Waals surface area contributed by atoms with Crippen molar-refractivity contribution in [2.45, 2.75) is 13.0 Å². The first-order valence-electron chi connectivity index (χ1n) is 7.31. The van der Waals surface area contributed by atoms with Gasteiger partial charge in [-0.15, -0.1) is 0 Å². The maximum atomic E-state index is 5.91. The van der Waals surface area contributed by atoms with Crippen LogP contribution in [0.25, 0.3) is 11.3 Å². The van der Waals surface area contributed by atoms with Crippen LogP contribution in [0.1, 0.15) is 11.3 Å². The highest BCUT2D eigenvalue weighted by atomic mass is 32.1. The van der Waals surface area contributed by atoms with Gasteiger partial charge >= 0.3 is 0 Å². The van der Waals surface area contributed by atoms with Gasteiger partial charge in [-0.1, -0.05) is 41.7 Å². The van der Waals surface area contributed by atoms with Crippen LogP contribution >= 0.6 is 11.3 Å². The quantitative estimate of drug-likeness (QED) is 0.923. The van der Waals surface area contributed by atoms with Gasteiger partial charge in [-0.25, -0.2) is 4.98 Å². The third-order valence-electron chi connectivity index (χ3n) is 3.88. The van der Waals surface area contributed by atoms with Crippen molar-refractivity contribution >= 4 is 16.5 Å². The molecule has 1 aromatic heterocycles. The summed E-state index contributed by atoms with van der Waals surface area (Å²) in [5.41, 5.74) is 8.09. The Bertz CT molecular complexity index is 584. The van der Waals surface area contributed by atoms with Crippen molar-refractivity contribution in [3.05, 3.63) is 35.2 Å². The second kappa shape index (κ2) is 6.56. The minimum Gasteiger partial charge on any atom is -0.384 e. The predicted molar refractivity (Wildman–Crippen MR) is 87.6 cm³/mol. The van der Waals surface area contributed by atoms with E-state index in [0.29, 0.717) is 12.5 Å². The van der Waals surface area contributed by atoms with Crippen molar-refractivity contribution in [2.24, 2.45) is 11.7 Å². The van der Waals surface area contributed by atoms with Crippen LogP contribution in [0.3, 0.4) is 0 Å². The molecule has 1 atom stereocenters. The molecule has 112 valence electrons. The summed E-state index contributed by atoms with van der Waals surface area (Å²) in [6.07, 6.45) is 1.17. The number of nitrogens with zero attached hydrogens (tertiary/aromatic N) is 2. The second-order valence-electron chi connectivity index (χ2n) is 5.39. The zero-order valence-electron chi connectivity index (χ0n) is 12.3. The van der Waals surface area contributed by atoms with E-state index in [1.165, 1.54) is 6.42 Å². The van der Waals surface area contributed by atoms with Gasteiger partial charge < -0.3 is 15.4 Å². The lowest BCUT2D eigenvalue weighted by Crippen LogP contribution is -2.20. The molecule has 0 bridgehead atoms. The number of hydrogen-bond acceptors (Lipinski definition) is 5. The van der Waals surface area contributed by atoms with Crippen molar-refractivity contribution in [3.8, 4) is 11.3 Å². The van der Waals surface area contributed by atoms with Gasteiger partial charge in [0, 0.05) is 43.1 Å². The molecule has 1 aliphatic heterocycles. The molecular formula is C16H21N3OS. The topological polar surface area (TPSA) is 51.4 Å². The summed E-state index contributed by atoms with van der Waals surface area (Å²) in [6, 6.07) is 10.3. The summed E-state index contributed by atoms with van der Waals surface area (Å²) in [5.74, 6) is 0.611. The number of nitrogens with two attached hydrogens (primary N) is 1. The number of hydrogen-bond donors (Lipinski definition) is 1. The van der Waals surface area contributed by atoms with Gasteiger partial charge in [0.1, 0.15) is 0 Å². The largest absolute Gasteiger partial charge is 0.384 e. The minimum atomic E-state index is 0.539. The van der Waals surface area contributed by atoms with E-state index >= 15 is 0 Å². The van der Waals surface area contributed by atoms with E-state index in [1.54, 1.807) is 18.4 Å². The van der Waals surface area contributed by atoms with Gasteiger partial charge in [0.15, 0.2) is 5.13 Å². The summed E-state index contributed by atoms with van der Waals surface area (Å²) in [7, 11) is 1.77. The van der Waals surface area contributed by atoms with E-state index in [9.17, 15) is 0 Å². The molecule has 5 heteroatoms. The van der Waals surface area contributed by atoms with Crippen LogP contribution in [0.4, 0.5) is 5.13 Å². The monoisotopic (exact) mass is 303 g/mol. The lowest BCUT2D eigenvalue weighted by Gasteiger charge is -2.14. The molecular weight excluding hydrogens is 282 g/mol. The van der Waals surface area contributed by atoms with Crippen molar-refractivity contribution in [1.82, 2.24) is 4.98 Å². The first-order valence-corrected chi connectivity index (χ1v) is 8.12. The zero-order valence-corrected chi connectivity index (χ0v) is 13.1. The van der Waals surface area contributed by atoms with Crippen LogP contribution in [-0.2, 0) is 11.3 Å². The van der Waals surface area contributed by atoms with Gasteiger partial charge in [0.05, 0.1) is 12.3 Å². The van der Waals surface area contributed by atoms with Crippen LogP contribution < -0.4 is 10.6 Å². The van der Waals surface area contributed by atoms with E-state index in [2.05, 4.69) is 17.0 Å². The smallest absolute Gasteiger partial charge is 0.186 e. The molecule has 0 saturated carbocycles. The Hall–Kier alpha value is -1.43. The minimum absolute atomic E-state index is 0.539. The highest BCUT2D eigenvalue weighted by Crippen LogP contribution is 2.35. The number of ether oxygens (including phenoxy) is 1. The average Bonchev–Trinajstić information content (AvgIpc) is 3.14. The molecule has 1 saturated heterocycles. The molecule has 0 amide bonds. The van der Waals surface area contributed by atoms with Gasteiger partial charge in [-0.05, 0) is 6.42 Å². The normalized spacial score (nSPS) is 18.4. The Balaban J connectivity index is 1.83. The first kappa shape index (κ1) is 14.5. The molecule has 21 heavy (non-hydrogen) atoms.